The predicted molar refractivity (Wildman–Crippen MR) is 71.6 cm³/mol. The fraction of sp³-hybridized carbons (Fsp3) is 0.538. The Balaban J connectivity index is 2.31. The summed E-state index contributed by atoms with van der Waals surface area (Å²) in [6, 6.07) is 5.76. The van der Waals surface area contributed by atoms with Crippen LogP contribution in [-0.4, -0.2) is 27.4 Å². The fourth-order valence-corrected chi connectivity index (χ4v) is 1.65. The van der Waals surface area contributed by atoms with Crippen LogP contribution < -0.4 is 15.8 Å². The van der Waals surface area contributed by atoms with Crippen molar-refractivity contribution in [3.63, 3.8) is 0 Å². The summed E-state index contributed by atoms with van der Waals surface area (Å²) in [6.07, 6.45) is 3.37. The molecule has 17 heavy (non-hydrogen) atoms. The number of hydrogen-bond acceptors (Lipinski definition) is 4. The van der Waals surface area contributed by atoms with Gasteiger partial charge in [0.2, 0.25) is 0 Å². The Kier molecular flexibility index (Phi) is 6.25. The van der Waals surface area contributed by atoms with Gasteiger partial charge in [-0.05, 0) is 31.4 Å². The molecule has 1 aromatic carbocycles. The number of nitrogens with one attached hydrogen (secondary N) is 1. The number of methoxy groups -OCH3 is 2. The third kappa shape index (κ3) is 4.53. The average Bonchev–Trinajstić information content (AvgIpc) is 2.35. The van der Waals surface area contributed by atoms with E-state index in [2.05, 4.69) is 5.32 Å². The number of hydrogen-bond donors (Lipinski definition) is 2. The molecule has 0 aliphatic carbocycles. The molecule has 0 saturated carbocycles. The first-order valence-electron chi connectivity index (χ1n) is 5.95. The van der Waals surface area contributed by atoms with E-state index in [1.165, 1.54) is 0 Å². The first-order valence-corrected chi connectivity index (χ1v) is 5.95. The lowest BCUT2D eigenvalue weighted by Gasteiger charge is -2.11. The van der Waals surface area contributed by atoms with Crippen molar-refractivity contribution in [2.75, 3.05) is 38.4 Å². The van der Waals surface area contributed by atoms with E-state index in [4.69, 9.17) is 15.2 Å². The molecular weight excluding hydrogens is 216 g/mol. The molecular formula is C13H22N2O2. The number of nitrogen functional groups attached to an aromatic ring is 1. The molecule has 0 unspecified atom stereocenters. The lowest BCUT2D eigenvalue weighted by atomic mass is 10.2. The maximum Gasteiger partial charge on any atom is 0.143 e. The van der Waals surface area contributed by atoms with Gasteiger partial charge in [0.1, 0.15) is 5.75 Å². The van der Waals surface area contributed by atoms with E-state index in [1.54, 1.807) is 14.2 Å². The number of anilines is 2. The molecule has 1 rings (SSSR count). The van der Waals surface area contributed by atoms with Crippen molar-refractivity contribution in [1.82, 2.24) is 0 Å². The van der Waals surface area contributed by atoms with Crippen molar-refractivity contribution in [1.29, 1.82) is 0 Å². The maximum absolute atomic E-state index is 5.95. The number of rotatable bonds is 8. The van der Waals surface area contributed by atoms with E-state index >= 15 is 0 Å². The summed E-state index contributed by atoms with van der Waals surface area (Å²) in [5.41, 5.74) is 7.56. The second kappa shape index (κ2) is 7.79. The summed E-state index contributed by atoms with van der Waals surface area (Å²) >= 11 is 0. The molecule has 0 fully saturated rings. The molecule has 3 N–H and O–H groups in total. The smallest absolute Gasteiger partial charge is 0.143 e. The fourth-order valence-electron chi connectivity index (χ4n) is 1.65. The van der Waals surface area contributed by atoms with Crippen molar-refractivity contribution in [2.24, 2.45) is 0 Å². The first-order chi connectivity index (χ1) is 8.29. The third-order valence-corrected chi connectivity index (χ3v) is 2.63. The minimum absolute atomic E-state index is 0.673. The Labute approximate surface area is 103 Å². The van der Waals surface area contributed by atoms with Crippen molar-refractivity contribution < 1.29 is 9.47 Å². The maximum atomic E-state index is 5.95. The van der Waals surface area contributed by atoms with Crippen LogP contribution in [0.4, 0.5) is 11.4 Å². The van der Waals surface area contributed by atoms with Gasteiger partial charge in [-0.25, -0.2) is 0 Å². The molecule has 0 heterocycles. The van der Waals surface area contributed by atoms with E-state index in [1.807, 2.05) is 18.2 Å². The van der Waals surface area contributed by atoms with Crippen molar-refractivity contribution in [2.45, 2.75) is 19.3 Å². The SMILES string of the molecule is COCCCCCNc1cccc(OC)c1N. The Morgan fingerprint density at radius 3 is 2.71 bits per heavy atom. The van der Waals surface area contributed by atoms with Crippen LogP contribution in [0.3, 0.4) is 0 Å². The molecule has 0 amide bonds. The summed E-state index contributed by atoms with van der Waals surface area (Å²) < 4.78 is 10.2. The molecule has 1 aromatic rings. The van der Waals surface area contributed by atoms with Gasteiger partial charge in [0.05, 0.1) is 18.5 Å². The Hall–Kier alpha value is -1.42. The van der Waals surface area contributed by atoms with Gasteiger partial charge >= 0.3 is 0 Å². The highest BCUT2D eigenvalue weighted by molar-refractivity contribution is 5.72. The average molecular weight is 238 g/mol. The van der Waals surface area contributed by atoms with Gasteiger partial charge in [0.15, 0.2) is 0 Å². The topological polar surface area (TPSA) is 56.5 Å². The zero-order chi connectivity index (χ0) is 12.5. The van der Waals surface area contributed by atoms with Gasteiger partial charge in [0.25, 0.3) is 0 Å². The number of unbranched alkanes of at least 4 members (excludes halogenated alkanes) is 2. The number of benzene rings is 1. The van der Waals surface area contributed by atoms with Gasteiger partial charge in [-0.2, -0.15) is 0 Å². The highest BCUT2D eigenvalue weighted by Gasteiger charge is 2.03. The molecule has 0 saturated heterocycles. The lowest BCUT2D eigenvalue weighted by Crippen LogP contribution is -2.05. The van der Waals surface area contributed by atoms with Gasteiger partial charge in [-0.3, -0.25) is 0 Å². The standard InChI is InChI=1S/C13H22N2O2/c1-16-10-5-3-4-9-15-11-7-6-8-12(17-2)13(11)14/h6-8,15H,3-5,9-10,14H2,1-2H3. The summed E-state index contributed by atoms with van der Waals surface area (Å²) in [5, 5.41) is 3.32. The van der Waals surface area contributed by atoms with Crippen molar-refractivity contribution in [3.8, 4) is 5.75 Å². The Bertz CT molecular complexity index is 329. The van der Waals surface area contributed by atoms with E-state index in [0.29, 0.717) is 5.69 Å². The zero-order valence-corrected chi connectivity index (χ0v) is 10.7. The predicted octanol–water partition coefficient (Wildman–Crippen LogP) is 2.51. The molecule has 0 radical (unpaired) electrons. The molecule has 96 valence electrons. The Morgan fingerprint density at radius 1 is 1.18 bits per heavy atom. The Morgan fingerprint density at radius 2 is 2.00 bits per heavy atom. The van der Waals surface area contributed by atoms with Crippen LogP contribution in [0.15, 0.2) is 18.2 Å². The van der Waals surface area contributed by atoms with Crippen LogP contribution in [-0.2, 0) is 4.74 Å². The molecule has 0 aliphatic heterocycles. The molecule has 0 bridgehead atoms. The molecule has 4 nitrogen and oxygen atoms in total. The normalized spacial score (nSPS) is 10.2. The van der Waals surface area contributed by atoms with Gasteiger partial charge < -0.3 is 20.5 Å². The minimum atomic E-state index is 0.673. The number of nitrogens with two attached hydrogens (primary N) is 1. The highest BCUT2D eigenvalue weighted by atomic mass is 16.5. The van der Waals surface area contributed by atoms with Crippen LogP contribution in [0.1, 0.15) is 19.3 Å². The molecule has 0 aliphatic rings. The summed E-state index contributed by atoms with van der Waals surface area (Å²) in [7, 11) is 3.36. The molecule has 0 spiro atoms. The molecule has 0 aromatic heterocycles. The third-order valence-electron chi connectivity index (χ3n) is 2.63. The van der Waals surface area contributed by atoms with E-state index in [0.717, 1.165) is 43.9 Å². The van der Waals surface area contributed by atoms with Crippen molar-refractivity contribution >= 4 is 11.4 Å². The van der Waals surface area contributed by atoms with Gasteiger partial charge in [0, 0.05) is 20.3 Å². The van der Waals surface area contributed by atoms with Gasteiger partial charge in [-0.1, -0.05) is 6.07 Å². The monoisotopic (exact) mass is 238 g/mol. The summed E-state index contributed by atoms with van der Waals surface area (Å²) in [5.74, 6) is 0.717. The van der Waals surface area contributed by atoms with E-state index in [9.17, 15) is 0 Å². The second-order valence-corrected chi connectivity index (χ2v) is 3.90. The zero-order valence-electron chi connectivity index (χ0n) is 10.7. The van der Waals surface area contributed by atoms with Crippen molar-refractivity contribution in [3.05, 3.63) is 18.2 Å². The first kappa shape index (κ1) is 13.6. The van der Waals surface area contributed by atoms with Crippen LogP contribution in [0, 0.1) is 0 Å². The van der Waals surface area contributed by atoms with E-state index in [-0.39, 0.29) is 0 Å². The summed E-state index contributed by atoms with van der Waals surface area (Å²) in [4.78, 5) is 0. The van der Waals surface area contributed by atoms with E-state index < -0.39 is 0 Å². The second-order valence-electron chi connectivity index (χ2n) is 3.90. The summed E-state index contributed by atoms with van der Waals surface area (Å²) in [6.45, 7) is 1.75. The van der Waals surface area contributed by atoms with Crippen LogP contribution in [0.2, 0.25) is 0 Å². The molecule has 4 heteroatoms. The lowest BCUT2D eigenvalue weighted by molar-refractivity contribution is 0.192. The number of ether oxygens (including phenoxy) is 2. The molecule has 0 atom stereocenters. The quantitative estimate of drug-likeness (QED) is 0.539. The highest BCUT2D eigenvalue weighted by Crippen LogP contribution is 2.28. The van der Waals surface area contributed by atoms with Crippen LogP contribution in [0.5, 0.6) is 5.75 Å². The van der Waals surface area contributed by atoms with Crippen LogP contribution >= 0.6 is 0 Å². The van der Waals surface area contributed by atoms with Crippen LogP contribution in [0.25, 0.3) is 0 Å². The van der Waals surface area contributed by atoms with Gasteiger partial charge in [-0.15, -0.1) is 0 Å². The number of para-hydroxylation sites is 1. The largest absolute Gasteiger partial charge is 0.495 e. The minimum Gasteiger partial charge on any atom is -0.495 e.